The van der Waals surface area contributed by atoms with Crippen molar-refractivity contribution in [3.63, 3.8) is 0 Å². The standard InChI is InChI=1S/C14H29NO2.K/c1-2-3-4-5-6-7-8-9-10-11-12-15-13-14(16)17;/h15H,2-13H2,1H3,(H,16,17);/q;+1/p-1. The van der Waals surface area contributed by atoms with Gasteiger partial charge in [0, 0.05) is 6.54 Å². The Morgan fingerprint density at radius 1 is 0.889 bits per heavy atom. The molecule has 0 radical (unpaired) electrons. The number of rotatable bonds is 13. The Balaban J connectivity index is 0. The van der Waals surface area contributed by atoms with Crippen LogP contribution >= 0.6 is 0 Å². The molecule has 4 heteroatoms. The molecule has 0 aliphatic heterocycles. The Labute approximate surface area is 155 Å². The van der Waals surface area contributed by atoms with Gasteiger partial charge in [0.25, 0.3) is 0 Å². The molecule has 0 fully saturated rings. The van der Waals surface area contributed by atoms with Crippen molar-refractivity contribution < 1.29 is 61.3 Å². The molecular formula is C14H28KNO2. The van der Waals surface area contributed by atoms with Crippen molar-refractivity contribution in [2.45, 2.75) is 71.1 Å². The molecule has 0 unspecified atom stereocenters. The predicted octanol–water partition coefficient (Wildman–Crippen LogP) is -0.749. The molecule has 0 rings (SSSR count). The summed E-state index contributed by atoms with van der Waals surface area (Å²) in [7, 11) is 0. The van der Waals surface area contributed by atoms with E-state index in [0.29, 0.717) is 0 Å². The molecular weight excluding hydrogens is 253 g/mol. The number of carboxylic acids is 1. The molecule has 0 heterocycles. The fourth-order valence-electron chi connectivity index (χ4n) is 1.93. The third-order valence-corrected chi connectivity index (χ3v) is 2.98. The molecule has 0 aromatic heterocycles. The van der Waals surface area contributed by atoms with Gasteiger partial charge in [0.15, 0.2) is 0 Å². The molecule has 0 aromatic carbocycles. The molecule has 18 heavy (non-hydrogen) atoms. The van der Waals surface area contributed by atoms with E-state index >= 15 is 0 Å². The first-order valence-electron chi connectivity index (χ1n) is 7.18. The van der Waals surface area contributed by atoms with Crippen LogP contribution in [0.1, 0.15) is 71.1 Å². The molecule has 0 aliphatic carbocycles. The van der Waals surface area contributed by atoms with Gasteiger partial charge >= 0.3 is 51.4 Å². The first-order valence-corrected chi connectivity index (χ1v) is 7.18. The van der Waals surface area contributed by atoms with Crippen molar-refractivity contribution in [3.05, 3.63) is 0 Å². The van der Waals surface area contributed by atoms with Crippen LogP contribution in [0, 0.1) is 0 Å². The maximum absolute atomic E-state index is 10.1. The molecule has 0 spiro atoms. The van der Waals surface area contributed by atoms with Crippen molar-refractivity contribution in [2.75, 3.05) is 13.1 Å². The fourth-order valence-corrected chi connectivity index (χ4v) is 1.93. The molecule has 0 amide bonds. The van der Waals surface area contributed by atoms with E-state index in [1.165, 1.54) is 57.8 Å². The van der Waals surface area contributed by atoms with E-state index < -0.39 is 5.97 Å². The molecule has 0 atom stereocenters. The Kier molecular flexibility index (Phi) is 21.4. The van der Waals surface area contributed by atoms with Crippen LogP contribution in [0.2, 0.25) is 0 Å². The van der Waals surface area contributed by atoms with Crippen molar-refractivity contribution in [3.8, 4) is 0 Å². The number of carbonyl (C=O) groups is 1. The van der Waals surface area contributed by atoms with Crippen molar-refractivity contribution in [1.82, 2.24) is 5.32 Å². The second-order valence-corrected chi connectivity index (χ2v) is 4.73. The van der Waals surface area contributed by atoms with Gasteiger partial charge in [0.2, 0.25) is 0 Å². The molecule has 0 aromatic rings. The SMILES string of the molecule is CCCCCCCCCCCCNCC(=O)[O-].[K+]. The summed E-state index contributed by atoms with van der Waals surface area (Å²) in [6.07, 6.45) is 13.1. The number of carbonyl (C=O) groups excluding carboxylic acids is 1. The minimum atomic E-state index is -1.02. The van der Waals surface area contributed by atoms with Gasteiger partial charge in [0.05, 0.1) is 5.97 Å². The summed E-state index contributed by atoms with van der Waals surface area (Å²) in [6.45, 7) is 3.02. The topological polar surface area (TPSA) is 52.2 Å². The summed E-state index contributed by atoms with van der Waals surface area (Å²) in [5.74, 6) is -1.02. The quantitative estimate of drug-likeness (QED) is 0.357. The first-order chi connectivity index (χ1) is 8.27. The van der Waals surface area contributed by atoms with Crippen LogP contribution in [0.3, 0.4) is 0 Å². The van der Waals surface area contributed by atoms with E-state index in [2.05, 4.69) is 12.2 Å². The monoisotopic (exact) mass is 281 g/mol. The normalized spacial score (nSPS) is 10.1. The van der Waals surface area contributed by atoms with Crippen LogP contribution in [0.5, 0.6) is 0 Å². The number of hydrogen-bond donors (Lipinski definition) is 1. The van der Waals surface area contributed by atoms with Crippen LogP contribution < -0.4 is 61.8 Å². The molecule has 3 nitrogen and oxygen atoms in total. The van der Waals surface area contributed by atoms with E-state index in [9.17, 15) is 9.90 Å². The van der Waals surface area contributed by atoms with E-state index in [4.69, 9.17) is 0 Å². The largest absolute Gasteiger partial charge is 1.00 e. The Morgan fingerprint density at radius 3 is 1.78 bits per heavy atom. The van der Waals surface area contributed by atoms with Gasteiger partial charge in [-0.05, 0) is 13.0 Å². The summed E-state index contributed by atoms with van der Waals surface area (Å²) in [6, 6.07) is 0. The minimum absolute atomic E-state index is 0. The summed E-state index contributed by atoms with van der Waals surface area (Å²) in [5.41, 5.74) is 0. The van der Waals surface area contributed by atoms with E-state index in [1.807, 2.05) is 0 Å². The second-order valence-electron chi connectivity index (χ2n) is 4.73. The Morgan fingerprint density at radius 2 is 1.33 bits per heavy atom. The predicted molar refractivity (Wildman–Crippen MR) is 69.7 cm³/mol. The van der Waals surface area contributed by atoms with Crippen molar-refractivity contribution in [1.29, 1.82) is 0 Å². The summed E-state index contributed by atoms with van der Waals surface area (Å²) in [4.78, 5) is 10.1. The van der Waals surface area contributed by atoms with E-state index in [1.54, 1.807) is 0 Å². The molecule has 1 N–H and O–H groups in total. The van der Waals surface area contributed by atoms with Crippen molar-refractivity contribution in [2.24, 2.45) is 0 Å². The zero-order valence-corrected chi connectivity index (χ0v) is 15.4. The van der Waals surface area contributed by atoms with Gasteiger partial charge in [-0.3, -0.25) is 0 Å². The van der Waals surface area contributed by atoms with Gasteiger partial charge in [-0.2, -0.15) is 0 Å². The minimum Gasteiger partial charge on any atom is -0.549 e. The van der Waals surface area contributed by atoms with Gasteiger partial charge in [-0.15, -0.1) is 0 Å². The maximum atomic E-state index is 10.1. The average Bonchev–Trinajstić information content (AvgIpc) is 2.30. The molecule has 0 saturated heterocycles. The number of nitrogens with one attached hydrogen (secondary N) is 1. The second kappa shape index (κ2) is 18.1. The molecule has 0 bridgehead atoms. The van der Waals surface area contributed by atoms with Crippen LogP contribution in [0.25, 0.3) is 0 Å². The van der Waals surface area contributed by atoms with Crippen LogP contribution in [0.15, 0.2) is 0 Å². The van der Waals surface area contributed by atoms with Crippen LogP contribution in [0.4, 0.5) is 0 Å². The number of aliphatic carboxylic acids is 1. The fraction of sp³-hybridized carbons (Fsp3) is 0.929. The third-order valence-electron chi connectivity index (χ3n) is 2.98. The average molecular weight is 281 g/mol. The zero-order chi connectivity index (χ0) is 12.8. The summed E-state index contributed by atoms with van der Waals surface area (Å²) in [5, 5.41) is 13.0. The first kappa shape index (κ1) is 21.4. The maximum Gasteiger partial charge on any atom is 1.00 e. The zero-order valence-electron chi connectivity index (χ0n) is 12.3. The number of hydrogen-bond acceptors (Lipinski definition) is 3. The Hall–Kier alpha value is 1.07. The van der Waals surface area contributed by atoms with Gasteiger partial charge in [0.1, 0.15) is 0 Å². The van der Waals surface area contributed by atoms with E-state index in [0.717, 1.165) is 13.0 Å². The summed E-state index contributed by atoms with van der Waals surface area (Å²) < 4.78 is 0. The molecule has 0 saturated carbocycles. The van der Waals surface area contributed by atoms with Crippen molar-refractivity contribution >= 4 is 5.97 Å². The van der Waals surface area contributed by atoms with Gasteiger partial charge in [-0.25, -0.2) is 0 Å². The molecule has 0 aliphatic rings. The smallest absolute Gasteiger partial charge is 0.549 e. The Bertz CT molecular complexity index is 177. The van der Waals surface area contributed by atoms with Crippen LogP contribution in [-0.4, -0.2) is 19.1 Å². The van der Waals surface area contributed by atoms with Gasteiger partial charge < -0.3 is 15.2 Å². The molecule has 102 valence electrons. The number of carboxylic acid groups (broad SMARTS) is 1. The number of unbranched alkanes of at least 4 members (excludes halogenated alkanes) is 9. The van der Waals surface area contributed by atoms with Crippen LogP contribution in [-0.2, 0) is 4.79 Å². The third kappa shape index (κ3) is 19.4. The van der Waals surface area contributed by atoms with E-state index in [-0.39, 0.29) is 57.9 Å². The van der Waals surface area contributed by atoms with Gasteiger partial charge in [-0.1, -0.05) is 64.7 Å². The summed E-state index contributed by atoms with van der Waals surface area (Å²) >= 11 is 0.